The lowest BCUT2D eigenvalue weighted by Gasteiger charge is -2.23. The molecule has 1 aromatic rings. The Labute approximate surface area is 193 Å². The Morgan fingerprint density at radius 3 is 1.82 bits per heavy atom. The smallest absolute Gasteiger partial charge is 0.326 e. The van der Waals surface area contributed by atoms with E-state index in [0.717, 1.165) is 0 Å². The number of benzene rings is 1. The number of aliphatic carboxylic acids is 2. The lowest BCUT2D eigenvalue weighted by molar-refractivity contribution is -0.143. The number of carbonyl (C=O) groups excluding carboxylic acids is 4. The van der Waals surface area contributed by atoms with Crippen LogP contribution in [0.3, 0.4) is 0 Å². The molecule has 0 aliphatic heterocycles. The van der Waals surface area contributed by atoms with Crippen LogP contribution in [0.25, 0.3) is 0 Å². The van der Waals surface area contributed by atoms with Crippen molar-refractivity contribution in [3.8, 4) is 0 Å². The molecule has 4 amide bonds. The van der Waals surface area contributed by atoms with E-state index in [-0.39, 0.29) is 6.42 Å². The SMILES string of the molecule is NC(=O)CC(N)C(=O)NC(CC(=O)O)C(=O)NC(CO)C(=O)NC(Cc1ccccc1)C(=O)O. The molecular formula is C20H27N5O9. The molecule has 0 saturated heterocycles. The van der Waals surface area contributed by atoms with Crippen molar-refractivity contribution in [1.29, 1.82) is 0 Å². The van der Waals surface area contributed by atoms with Crippen LogP contribution in [0.15, 0.2) is 30.3 Å². The zero-order valence-electron chi connectivity index (χ0n) is 18.0. The number of aliphatic hydroxyl groups excluding tert-OH is 1. The van der Waals surface area contributed by atoms with E-state index in [9.17, 15) is 39.0 Å². The van der Waals surface area contributed by atoms with Gasteiger partial charge in [-0.05, 0) is 5.56 Å². The number of primary amides is 1. The van der Waals surface area contributed by atoms with Crippen molar-refractivity contribution in [3.63, 3.8) is 0 Å². The molecule has 4 unspecified atom stereocenters. The van der Waals surface area contributed by atoms with Crippen LogP contribution in [0, 0.1) is 0 Å². The highest BCUT2D eigenvalue weighted by molar-refractivity contribution is 5.96. The Morgan fingerprint density at radius 2 is 1.32 bits per heavy atom. The number of carboxylic acid groups (broad SMARTS) is 2. The number of nitrogens with one attached hydrogen (secondary N) is 3. The Hall–Kier alpha value is -4.04. The molecule has 10 N–H and O–H groups in total. The molecule has 14 heteroatoms. The normalized spacial score (nSPS) is 14.1. The average Bonchev–Trinajstić information content (AvgIpc) is 2.75. The van der Waals surface area contributed by atoms with Gasteiger partial charge >= 0.3 is 11.9 Å². The van der Waals surface area contributed by atoms with Crippen LogP contribution in [0.1, 0.15) is 18.4 Å². The molecule has 0 spiro atoms. The molecule has 14 nitrogen and oxygen atoms in total. The van der Waals surface area contributed by atoms with Gasteiger partial charge in [0.15, 0.2) is 0 Å². The molecule has 0 fully saturated rings. The maximum atomic E-state index is 12.5. The molecular weight excluding hydrogens is 454 g/mol. The van der Waals surface area contributed by atoms with Gasteiger partial charge in [0.2, 0.25) is 23.6 Å². The van der Waals surface area contributed by atoms with E-state index < -0.39 is 79.2 Å². The fraction of sp³-hybridized carbons (Fsp3) is 0.400. The van der Waals surface area contributed by atoms with Gasteiger partial charge in [0.1, 0.15) is 18.1 Å². The summed E-state index contributed by atoms with van der Waals surface area (Å²) >= 11 is 0. The summed E-state index contributed by atoms with van der Waals surface area (Å²) in [5.41, 5.74) is 11.0. The van der Waals surface area contributed by atoms with Crippen molar-refractivity contribution in [3.05, 3.63) is 35.9 Å². The number of amides is 4. The molecule has 0 saturated carbocycles. The average molecular weight is 481 g/mol. The predicted octanol–water partition coefficient (Wildman–Crippen LogP) is -3.56. The number of hydrogen-bond donors (Lipinski definition) is 8. The van der Waals surface area contributed by atoms with E-state index >= 15 is 0 Å². The van der Waals surface area contributed by atoms with Crippen LogP contribution in [0.5, 0.6) is 0 Å². The summed E-state index contributed by atoms with van der Waals surface area (Å²) in [6.07, 6.45) is -1.55. The maximum Gasteiger partial charge on any atom is 0.326 e. The van der Waals surface area contributed by atoms with Gasteiger partial charge in [0.05, 0.1) is 25.5 Å². The van der Waals surface area contributed by atoms with Crippen molar-refractivity contribution in [2.45, 2.75) is 43.4 Å². The zero-order chi connectivity index (χ0) is 25.8. The largest absolute Gasteiger partial charge is 0.481 e. The summed E-state index contributed by atoms with van der Waals surface area (Å²) in [4.78, 5) is 70.6. The van der Waals surface area contributed by atoms with Crippen LogP contribution >= 0.6 is 0 Å². The number of hydrogen-bond acceptors (Lipinski definition) is 8. The number of rotatable bonds is 14. The molecule has 0 bridgehead atoms. The van der Waals surface area contributed by atoms with E-state index in [1.165, 1.54) is 0 Å². The Morgan fingerprint density at radius 1 is 0.794 bits per heavy atom. The summed E-state index contributed by atoms with van der Waals surface area (Å²) in [5.74, 6) is -7.00. The fourth-order valence-electron chi connectivity index (χ4n) is 2.76. The van der Waals surface area contributed by atoms with Crippen LogP contribution in [0.2, 0.25) is 0 Å². The molecule has 0 aliphatic carbocycles. The fourth-order valence-corrected chi connectivity index (χ4v) is 2.76. The summed E-state index contributed by atoms with van der Waals surface area (Å²) in [7, 11) is 0. The second-order valence-corrected chi connectivity index (χ2v) is 7.27. The van der Waals surface area contributed by atoms with Gasteiger partial charge in [0.25, 0.3) is 0 Å². The highest BCUT2D eigenvalue weighted by Gasteiger charge is 2.31. The van der Waals surface area contributed by atoms with Crippen LogP contribution in [0.4, 0.5) is 0 Å². The molecule has 186 valence electrons. The first kappa shape index (κ1) is 28.0. The predicted molar refractivity (Wildman–Crippen MR) is 115 cm³/mol. The van der Waals surface area contributed by atoms with E-state index in [0.29, 0.717) is 5.56 Å². The molecule has 0 radical (unpaired) electrons. The number of carboxylic acids is 2. The number of aliphatic hydroxyl groups is 1. The molecule has 34 heavy (non-hydrogen) atoms. The van der Waals surface area contributed by atoms with Crippen LogP contribution < -0.4 is 27.4 Å². The Kier molecular flexibility index (Phi) is 11.1. The van der Waals surface area contributed by atoms with Gasteiger partial charge < -0.3 is 42.7 Å². The zero-order valence-corrected chi connectivity index (χ0v) is 18.0. The van der Waals surface area contributed by atoms with Gasteiger partial charge in [-0.15, -0.1) is 0 Å². The third-order valence-electron chi connectivity index (χ3n) is 4.48. The Bertz CT molecular complexity index is 909. The van der Waals surface area contributed by atoms with Crippen molar-refractivity contribution >= 4 is 35.6 Å². The van der Waals surface area contributed by atoms with Gasteiger partial charge in [-0.1, -0.05) is 30.3 Å². The summed E-state index contributed by atoms with van der Waals surface area (Å²) in [5, 5.41) is 34.2. The molecule has 0 aromatic heterocycles. The van der Waals surface area contributed by atoms with Crippen LogP contribution in [-0.4, -0.2) is 81.7 Å². The van der Waals surface area contributed by atoms with E-state index in [1.54, 1.807) is 30.3 Å². The first-order valence-corrected chi connectivity index (χ1v) is 9.99. The van der Waals surface area contributed by atoms with Crippen molar-refractivity contribution in [2.75, 3.05) is 6.61 Å². The monoisotopic (exact) mass is 481 g/mol. The summed E-state index contributed by atoms with van der Waals surface area (Å²) in [6, 6.07) is 2.17. The highest BCUT2D eigenvalue weighted by atomic mass is 16.4. The van der Waals surface area contributed by atoms with Gasteiger partial charge in [-0.2, -0.15) is 0 Å². The quantitative estimate of drug-likeness (QED) is 0.130. The van der Waals surface area contributed by atoms with Crippen molar-refractivity contribution in [1.82, 2.24) is 16.0 Å². The maximum absolute atomic E-state index is 12.5. The second kappa shape index (κ2) is 13.5. The first-order chi connectivity index (χ1) is 15.9. The third kappa shape index (κ3) is 9.62. The summed E-state index contributed by atoms with van der Waals surface area (Å²) in [6.45, 7) is -0.954. The van der Waals surface area contributed by atoms with Crippen LogP contribution in [-0.2, 0) is 35.2 Å². The van der Waals surface area contributed by atoms with Gasteiger partial charge in [-0.25, -0.2) is 4.79 Å². The molecule has 1 rings (SSSR count). The molecule has 1 aromatic carbocycles. The molecule has 0 heterocycles. The number of nitrogens with two attached hydrogens (primary N) is 2. The first-order valence-electron chi connectivity index (χ1n) is 9.99. The van der Waals surface area contributed by atoms with Gasteiger partial charge in [-0.3, -0.25) is 24.0 Å². The van der Waals surface area contributed by atoms with E-state index in [1.807, 2.05) is 5.32 Å². The minimum atomic E-state index is -1.72. The third-order valence-corrected chi connectivity index (χ3v) is 4.48. The topological polar surface area (TPSA) is 251 Å². The minimum absolute atomic E-state index is 0.0799. The van der Waals surface area contributed by atoms with Crippen molar-refractivity contribution in [2.24, 2.45) is 11.5 Å². The molecule has 4 atom stereocenters. The van der Waals surface area contributed by atoms with Crippen molar-refractivity contribution < 1.29 is 44.1 Å². The number of carbonyl (C=O) groups is 6. The molecule has 0 aliphatic rings. The van der Waals surface area contributed by atoms with E-state index in [2.05, 4.69) is 10.6 Å². The van der Waals surface area contributed by atoms with E-state index in [4.69, 9.17) is 16.6 Å². The lowest BCUT2D eigenvalue weighted by Crippen LogP contribution is -2.58. The lowest BCUT2D eigenvalue weighted by atomic mass is 10.1. The van der Waals surface area contributed by atoms with Gasteiger partial charge in [0, 0.05) is 6.42 Å². The standard InChI is InChI=1S/C20H27N5O9/c21-11(7-15(22)27)17(30)23-12(8-16(28)29)18(31)25-14(9-26)19(32)24-13(20(33)34)6-10-4-2-1-3-5-10/h1-5,11-14,26H,6-9,21H2,(H2,22,27)(H,23,30)(H,24,32)(H,25,31)(H,28,29)(H,33,34). The summed E-state index contributed by atoms with van der Waals surface area (Å²) < 4.78 is 0. The highest BCUT2D eigenvalue weighted by Crippen LogP contribution is 2.04. The minimum Gasteiger partial charge on any atom is -0.481 e. The second-order valence-electron chi connectivity index (χ2n) is 7.27. The Balaban J connectivity index is 2.88.